The van der Waals surface area contributed by atoms with Gasteiger partial charge in [0.25, 0.3) is 0 Å². The average molecular weight is 378 g/mol. The van der Waals surface area contributed by atoms with E-state index < -0.39 is 0 Å². The van der Waals surface area contributed by atoms with Crippen molar-refractivity contribution in [2.45, 2.75) is 26.3 Å². The van der Waals surface area contributed by atoms with Crippen LogP contribution in [-0.4, -0.2) is 35.3 Å². The summed E-state index contributed by atoms with van der Waals surface area (Å²) in [7, 11) is 0. The monoisotopic (exact) mass is 378 g/mol. The van der Waals surface area contributed by atoms with E-state index in [4.69, 9.17) is 0 Å². The Morgan fingerprint density at radius 1 is 1.11 bits per heavy atom. The van der Waals surface area contributed by atoms with E-state index in [1.54, 1.807) is 10.7 Å². The van der Waals surface area contributed by atoms with Gasteiger partial charge < -0.3 is 10.2 Å². The van der Waals surface area contributed by atoms with Crippen LogP contribution in [0.15, 0.2) is 65.6 Å². The zero-order valence-corrected chi connectivity index (χ0v) is 16.2. The van der Waals surface area contributed by atoms with Gasteiger partial charge in [0.2, 0.25) is 11.3 Å². The highest BCUT2D eigenvalue weighted by Gasteiger charge is 2.07. The van der Waals surface area contributed by atoms with Crippen molar-refractivity contribution in [2.24, 2.45) is 0 Å². The van der Waals surface area contributed by atoms with Crippen LogP contribution < -0.4 is 15.6 Å². The highest BCUT2D eigenvalue weighted by Crippen LogP contribution is 2.12. The summed E-state index contributed by atoms with van der Waals surface area (Å²) in [5.74, 6) is -0.00709. The highest BCUT2D eigenvalue weighted by atomic mass is 16.1. The standard InChI is InChI=1S/C22H26N4O2/c1-2-25(18-9-4-3-5-10-18)15-8-14-23-22(28)13-16-26-20-12-7-6-11-19(20)21(27)17-24-26/h3-7,9-12,17H,2,8,13-16H2,1H3,(H,23,28). The predicted octanol–water partition coefficient (Wildman–Crippen LogP) is 2.82. The Morgan fingerprint density at radius 2 is 1.86 bits per heavy atom. The van der Waals surface area contributed by atoms with Gasteiger partial charge in [-0.15, -0.1) is 0 Å². The Morgan fingerprint density at radius 3 is 2.64 bits per heavy atom. The van der Waals surface area contributed by atoms with Crippen molar-refractivity contribution in [1.29, 1.82) is 0 Å². The molecule has 0 atom stereocenters. The molecule has 0 fully saturated rings. The Kier molecular flexibility index (Phi) is 6.78. The van der Waals surface area contributed by atoms with Gasteiger partial charge in [0.05, 0.1) is 18.3 Å². The number of anilines is 1. The van der Waals surface area contributed by atoms with Gasteiger partial charge in [0.15, 0.2) is 0 Å². The minimum Gasteiger partial charge on any atom is -0.372 e. The zero-order chi connectivity index (χ0) is 19.8. The van der Waals surface area contributed by atoms with E-state index in [1.165, 1.54) is 11.9 Å². The van der Waals surface area contributed by atoms with Crippen LogP contribution in [0.3, 0.4) is 0 Å². The molecule has 0 unspecified atom stereocenters. The lowest BCUT2D eigenvalue weighted by molar-refractivity contribution is -0.121. The number of aryl methyl sites for hydroxylation is 1. The van der Waals surface area contributed by atoms with E-state index in [2.05, 4.69) is 34.4 Å². The van der Waals surface area contributed by atoms with Crippen molar-refractivity contribution in [3.63, 3.8) is 0 Å². The highest BCUT2D eigenvalue weighted by molar-refractivity contribution is 5.79. The molecule has 2 aromatic carbocycles. The number of benzene rings is 2. The summed E-state index contributed by atoms with van der Waals surface area (Å²) in [6.07, 6.45) is 2.52. The van der Waals surface area contributed by atoms with E-state index in [0.29, 0.717) is 24.9 Å². The number of amides is 1. The predicted molar refractivity (Wildman–Crippen MR) is 113 cm³/mol. The van der Waals surface area contributed by atoms with E-state index in [9.17, 15) is 9.59 Å². The number of carbonyl (C=O) groups excluding carboxylic acids is 1. The summed E-state index contributed by atoms with van der Waals surface area (Å²) >= 11 is 0. The van der Waals surface area contributed by atoms with E-state index in [1.807, 2.05) is 36.4 Å². The molecule has 3 rings (SSSR count). The third-order valence-corrected chi connectivity index (χ3v) is 4.74. The first-order valence-corrected chi connectivity index (χ1v) is 9.70. The van der Waals surface area contributed by atoms with Crippen LogP contribution in [0.1, 0.15) is 19.8 Å². The smallest absolute Gasteiger partial charge is 0.221 e. The molecule has 0 radical (unpaired) electrons. The number of hydrogen-bond donors (Lipinski definition) is 1. The number of aromatic nitrogens is 2. The Balaban J connectivity index is 1.45. The molecule has 0 bridgehead atoms. The van der Waals surface area contributed by atoms with Gasteiger partial charge in [-0.05, 0) is 37.6 Å². The summed E-state index contributed by atoms with van der Waals surface area (Å²) < 4.78 is 1.71. The van der Waals surface area contributed by atoms with Gasteiger partial charge in [0, 0.05) is 37.1 Å². The first-order valence-electron chi connectivity index (χ1n) is 9.70. The van der Waals surface area contributed by atoms with Gasteiger partial charge in [-0.25, -0.2) is 0 Å². The van der Waals surface area contributed by atoms with E-state index in [-0.39, 0.29) is 11.3 Å². The number of nitrogens with zero attached hydrogens (tertiary/aromatic N) is 3. The second kappa shape index (κ2) is 9.69. The summed E-state index contributed by atoms with van der Waals surface area (Å²) in [6.45, 7) is 5.04. The van der Waals surface area contributed by atoms with Crippen LogP contribution >= 0.6 is 0 Å². The number of nitrogens with one attached hydrogen (secondary N) is 1. The number of fused-ring (bicyclic) bond motifs is 1. The molecule has 1 N–H and O–H groups in total. The van der Waals surface area contributed by atoms with Crippen molar-refractivity contribution in [3.05, 3.63) is 71.0 Å². The molecular weight excluding hydrogens is 352 g/mol. The van der Waals surface area contributed by atoms with Gasteiger partial charge in [-0.3, -0.25) is 14.3 Å². The van der Waals surface area contributed by atoms with Crippen molar-refractivity contribution < 1.29 is 4.79 Å². The molecule has 0 aliphatic rings. The molecule has 0 aliphatic carbocycles. The normalized spacial score (nSPS) is 10.8. The Bertz CT molecular complexity index is 969. The fourth-order valence-corrected chi connectivity index (χ4v) is 3.24. The topological polar surface area (TPSA) is 67.2 Å². The van der Waals surface area contributed by atoms with Crippen molar-refractivity contribution >= 4 is 22.5 Å². The van der Waals surface area contributed by atoms with E-state index in [0.717, 1.165) is 25.0 Å². The summed E-state index contributed by atoms with van der Waals surface area (Å²) in [6, 6.07) is 17.6. The van der Waals surface area contributed by atoms with Crippen LogP contribution in [0.25, 0.3) is 10.9 Å². The maximum absolute atomic E-state index is 12.2. The van der Waals surface area contributed by atoms with Crippen molar-refractivity contribution in [3.8, 4) is 0 Å². The lowest BCUT2D eigenvalue weighted by Gasteiger charge is -2.23. The molecule has 0 saturated carbocycles. The maximum atomic E-state index is 12.2. The first kappa shape index (κ1) is 19.6. The molecule has 1 amide bonds. The average Bonchev–Trinajstić information content (AvgIpc) is 2.74. The van der Waals surface area contributed by atoms with Gasteiger partial charge >= 0.3 is 0 Å². The minimum absolute atomic E-state index is 0.00709. The second-order valence-electron chi connectivity index (χ2n) is 6.62. The summed E-state index contributed by atoms with van der Waals surface area (Å²) in [5.41, 5.74) is 1.85. The van der Waals surface area contributed by atoms with Gasteiger partial charge in [-0.1, -0.05) is 30.3 Å². The third kappa shape index (κ3) is 4.97. The minimum atomic E-state index is -0.102. The summed E-state index contributed by atoms with van der Waals surface area (Å²) in [4.78, 5) is 26.3. The van der Waals surface area contributed by atoms with Crippen molar-refractivity contribution in [2.75, 3.05) is 24.5 Å². The van der Waals surface area contributed by atoms with Crippen LogP contribution in [0.2, 0.25) is 0 Å². The lowest BCUT2D eigenvalue weighted by atomic mass is 10.2. The summed E-state index contributed by atoms with van der Waals surface area (Å²) in [5, 5.41) is 7.76. The molecule has 1 aromatic heterocycles. The Hall–Kier alpha value is -3.15. The molecule has 6 nitrogen and oxygen atoms in total. The fourth-order valence-electron chi connectivity index (χ4n) is 3.24. The molecule has 0 saturated heterocycles. The van der Waals surface area contributed by atoms with E-state index >= 15 is 0 Å². The molecule has 1 heterocycles. The Labute approximate surface area is 164 Å². The lowest BCUT2D eigenvalue weighted by Crippen LogP contribution is -2.30. The molecule has 146 valence electrons. The van der Waals surface area contributed by atoms with Crippen molar-refractivity contribution in [1.82, 2.24) is 15.1 Å². The van der Waals surface area contributed by atoms with Crippen LogP contribution in [0.5, 0.6) is 0 Å². The molecule has 0 aliphatic heterocycles. The zero-order valence-electron chi connectivity index (χ0n) is 16.2. The largest absolute Gasteiger partial charge is 0.372 e. The number of hydrogen-bond acceptors (Lipinski definition) is 4. The van der Waals surface area contributed by atoms with Crippen LogP contribution in [0, 0.1) is 0 Å². The van der Waals surface area contributed by atoms with Gasteiger partial charge in [0.1, 0.15) is 0 Å². The van der Waals surface area contributed by atoms with Crippen LogP contribution in [0.4, 0.5) is 5.69 Å². The van der Waals surface area contributed by atoms with Crippen LogP contribution in [-0.2, 0) is 11.3 Å². The van der Waals surface area contributed by atoms with Gasteiger partial charge in [-0.2, -0.15) is 5.10 Å². The second-order valence-corrected chi connectivity index (χ2v) is 6.62. The molecular formula is C22H26N4O2. The molecule has 6 heteroatoms. The number of rotatable bonds is 9. The first-order chi connectivity index (χ1) is 13.7. The maximum Gasteiger partial charge on any atom is 0.221 e. The molecule has 3 aromatic rings. The number of carbonyl (C=O) groups is 1. The molecule has 28 heavy (non-hydrogen) atoms. The SMILES string of the molecule is CCN(CCCNC(=O)CCn1ncc(=O)c2ccccc21)c1ccccc1. The molecule has 0 spiro atoms. The third-order valence-electron chi connectivity index (χ3n) is 4.74. The number of para-hydroxylation sites is 2. The fraction of sp³-hybridized carbons (Fsp3) is 0.318. The quantitative estimate of drug-likeness (QED) is 0.582.